The summed E-state index contributed by atoms with van der Waals surface area (Å²) in [6.45, 7) is 5.93. The molecule has 1 aromatic carbocycles. The van der Waals surface area contributed by atoms with Gasteiger partial charge in [0, 0.05) is 26.2 Å². The summed E-state index contributed by atoms with van der Waals surface area (Å²) in [4.78, 5) is 56.6. The highest BCUT2D eigenvalue weighted by Gasteiger charge is 2.32. The van der Waals surface area contributed by atoms with E-state index in [1.807, 2.05) is 24.8 Å². The summed E-state index contributed by atoms with van der Waals surface area (Å²) in [5.41, 5.74) is 0.595. The normalized spacial score (nSPS) is 15.6. The predicted molar refractivity (Wildman–Crippen MR) is 175 cm³/mol. The first-order valence-electron chi connectivity index (χ1n) is 15.7. The second-order valence-corrected chi connectivity index (χ2v) is 12.5. The van der Waals surface area contributed by atoms with Crippen molar-refractivity contribution in [2.45, 2.75) is 52.8 Å². The second kappa shape index (κ2) is 13.1. The number of rotatable bonds is 8. The van der Waals surface area contributed by atoms with Crippen LogP contribution in [0.15, 0.2) is 34.9 Å². The molecule has 0 atom stereocenters. The Morgan fingerprint density at radius 1 is 1.14 bits per heavy atom. The minimum atomic E-state index is -4.60. The van der Waals surface area contributed by atoms with E-state index in [2.05, 4.69) is 25.4 Å². The van der Waals surface area contributed by atoms with Gasteiger partial charge < -0.3 is 24.8 Å². The third kappa shape index (κ3) is 6.82. The number of nitrogens with one attached hydrogen (secondary N) is 1. The van der Waals surface area contributed by atoms with Crippen LogP contribution < -0.4 is 15.8 Å². The Balaban J connectivity index is 1.34. The first kappa shape index (κ1) is 33.9. The molecular formula is C32H33ClF3N9O4. The third-order valence-electron chi connectivity index (χ3n) is 8.72. The van der Waals surface area contributed by atoms with Crippen LogP contribution in [0.2, 0.25) is 5.02 Å². The van der Waals surface area contributed by atoms with Crippen molar-refractivity contribution >= 4 is 46.6 Å². The number of amides is 2. The van der Waals surface area contributed by atoms with E-state index in [0.29, 0.717) is 23.9 Å². The van der Waals surface area contributed by atoms with E-state index in [1.165, 1.54) is 11.2 Å². The summed E-state index contributed by atoms with van der Waals surface area (Å²) in [6, 6.07) is 2.65. The number of fused-ring (bicyclic) bond motifs is 1. The molecule has 13 nitrogen and oxygen atoms in total. The number of carbonyl (C=O) groups is 2. The van der Waals surface area contributed by atoms with Gasteiger partial charge in [0.2, 0.25) is 11.7 Å². The van der Waals surface area contributed by atoms with Crippen molar-refractivity contribution in [3.05, 3.63) is 73.9 Å². The van der Waals surface area contributed by atoms with Crippen LogP contribution in [0.3, 0.4) is 0 Å². The number of aromatic nitrogens is 6. The molecule has 258 valence electrons. The summed E-state index contributed by atoms with van der Waals surface area (Å²) < 4.78 is 42.2. The SMILES string of the molecule is CCc1c(N2CCN(C(=O)c3ncnc(C)c3O)CC2)c(=O)n2nc(/C=C(\C)C3CC3)nc2n1CC(=O)Nc1ccc(C(F)(F)F)cc1Cl. The molecule has 2 N–H and O–H groups in total. The number of hydrogen-bond acceptors (Lipinski definition) is 9. The van der Waals surface area contributed by atoms with Crippen LogP contribution >= 0.6 is 11.6 Å². The van der Waals surface area contributed by atoms with Gasteiger partial charge in [0.1, 0.15) is 18.6 Å². The molecule has 6 rings (SSSR count). The Morgan fingerprint density at radius 3 is 2.49 bits per heavy atom. The average molecular weight is 700 g/mol. The molecule has 2 aliphatic rings. The van der Waals surface area contributed by atoms with Crippen LogP contribution in [0, 0.1) is 12.8 Å². The van der Waals surface area contributed by atoms with Crippen LogP contribution in [0.4, 0.5) is 24.5 Å². The fourth-order valence-corrected chi connectivity index (χ4v) is 6.13. The number of allylic oxidation sites excluding steroid dienone is 1. The highest BCUT2D eigenvalue weighted by atomic mass is 35.5. The van der Waals surface area contributed by atoms with E-state index in [4.69, 9.17) is 11.6 Å². The van der Waals surface area contributed by atoms with Gasteiger partial charge in [0.15, 0.2) is 17.3 Å². The Morgan fingerprint density at radius 2 is 1.86 bits per heavy atom. The van der Waals surface area contributed by atoms with Gasteiger partial charge in [-0.25, -0.2) is 9.97 Å². The smallest absolute Gasteiger partial charge is 0.416 e. The fourth-order valence-electron chi connectivity index (χ4n) is 5.90. The quantitative estimate of drug-likeness (QED) is 0.274. The second-order valence-electron chi connectivity index (χ2n) is 12.1. The van der Waals surface area contributed by atoms with Crippen molar-refractivity contribution < 1.29 is 27.9 Å². The average Bonchev–Trinajstić information content (AvgIpc) is 3.83. The maximum Gasteiger partial charge on any atom is 0.416 e. The summed E-state index contributed by atoms with van der Waals surface area (Å²) >= 11 is 6.10. The number of halogens is 4. The molecule has 0 radical (unpaired) electrons. The predicted octanol–water partition coefficient (Wildman–Crippen LogP) is 4.34. The Labute approximate surface area is 283 Å². The van der Waals surface area contributed by atoms with Crippen molar-refractivity contribution in [3.63, 3.8) is 0 Å². The summed E-state index contributed by atoms with van der Waals surface area (Å²) in [6.07, 6.45) is 0.846. The van der Waals surface area contributed by atoms with Gasteiger partial charge in [0.25, 0.3) is 11.5 Å². The van der Waals surface area contributed by atoms with Crippen LogP contribution in [-0.4, -0.2) is 77.1 Å². The zero-order chi connectivity index (χ0) is 35.2. The molecule has 1 saturated carbocycles. The maximum absolute atomic E-state index is 14.1. The van der Waals surface area contributed by atoms with E-state index >= 15 is 0 Å². The van der Waals surface area contributed by atoms with Crippen LogP contribution in [0.25, 0.3) is 11.9 Å². The topological polar surface area (TPSA) is 151 Å². The molecule has 4 heterocycles. The number of aromatic hydroxyl groups is 1. The summed E-state index contributed by atoms with van der Waals surface area (Å²) in [5, 5.41) is 17.1. The van der Waals surface area contributed by atoms with Gasteiger partial charge >= 0.3 is 6.18 Å². The van der Waals surface area contributed by atoms with Crippen LogP contribution in [-0.2, 0) is 23.9 Å². The molecule has 0 bridgehead atoms. The van der Waals surface area contributed by atoms with E-state index in [-0.39, 0.29) is 72.0 Å². The number of hydrogen-bond donors (Lipinski definition) is 2. The molecule has 2 fully saturated rings. The molecule has 1 aliphatic carbocycles. The molecule has 1 saturated heterocycles. The van der Waals surface area contributed by atoms with Crippen molar-refractivity contribution in [1.29, 1.82) is 0 Å². The number of piperazine rings is 1. The molecule has 17 heteroatoms. The first-order chi connectivity index (χ1) is 23.3. The largest absolute Gasteiger partial charge is 0.504 e. The summed E-state index contributed by atoms with van der Waals surface area (Å²) in [7, 11) is 0. The molecule has 1 aliphatic heterocycles. The number of carbonyl (C=O) groups excluding carboxylic acids is 2. The van der Waals surface area contributed by atoms with E-state index in [9.17, 15) is 32.7 Å². The molecule has 0 spiro atoms. The number of alkyl halides is 3. The van der Waals surface area contributed by atoms with Crippen molar-refractivity contribution in [2.24, 2.45) is 5.92 Å². The Hall–Kier alpha value is -4.99. The lowest BCUT2D eigenvalue weighted by Gasteiger charge is -2.36. The number of nitrogens with zero attached hydrogens (tertiary/aromatic N) is 8. The van der Waals surface area contributed by atoms with Crippen LogP contribution in [0.5, 0.6) is 5.75 Å². The highest BCUT2D eigenvalue weighted by Crippen LogP contribution is 2.37. The number of anilines is 2. The molecule has 49 heavy (non-hydrogen) atoms. The Kier molecular flexibility index (Phi) is 9.09. The molecule has 0 unspecified atom stereocenters. The monoisotopic (exact) mass is 699 g/mol. The van der Waals surface area contributed by atoms with Gasteiger partial charge in [-0.3, -0.25) is 14.4 Å². The summed E-state index contributed by atoms with van der Waals surface area (Å²) in [5.74, 6) is -0.520. The molecule has 4 aromatic rings. The highest BCUT2D eigenvalue weighted by molar-refractivity contribution is 6.33. The van der Waals surface area contributed by atoms with E-state index in [0.717, 1.165) is 41.1 Å². The first-order valence-corrected chi connectivity index (χ1v) is 16.1. The van der Waals surface area contributed by atoms with Crippen LogP contribution in [0.1, 0.15) is 60.0 Å². The zero-order valence-electron chi connectivity index (χ0n) is 26.9. The minimum Gasteiger partial charge on any atom is -0.504 e. The lowest BCUT2D eigenvalue weighted by atomic mass is 10.2. The van der Waals surface area contributed by atoms with Crippen molar-refractivity contribution in [2.75, 3.05) is 36.4 Å². The standard InChI is InChI=1S/C32H33ClF3N9O4/c1-4-23-27(42-9-11-43(12-10-42)29(48)26-28(47)18(3)37-16-38-26)30(49)45-31(40-24(41-45)13-17(2)19-5-6-19)44(23)15-25(46)39-22-8-7-20(14-21(22)33)32(34,35)36/h7-8,13-14,16,19,47H,4-6,9-12,15H2,1-3H3,(H,39,46)/b17-13+. The van der Waals surface area contributed by atoms with Gasteiger partial charge in [-0.15, -0.1) is 5.10 Å². The van der Waals surface area contributed by atoms with E-state index < -0.39 is 29.1 Å². The third-order valence-corrected chi connectivity index (χ3v) is 9.03. The lowest BCUT2D eigenvalue weighted by Crippen LogP contribution is -2.51. The van der Waals surface area contributed by atoms with Gasteiger partial charge in [-0.2, -0.15) is 22.7 Å². The van der Waals surface area contributed by atoms with E-state index in [1.54, 1.807) is 11.5 Å². The number of aryl methyl sites for hydroxylation is 1. The lowest BCUT2D eigenvalue weighted by molar-refractivity contribution is -0.137. The van der Waals surface area contributed by atoms with Gasteiger partial charge in [0.05, 0.1) is 27.7 Å². The molecule has 3 aromatic heterocycles. The van der Waals surface area contributed by atoms with Crippen molar-refractivity contribution in [1.82, 2.24) is 34.0 Å². The molecular weight excluding hydrogens is 667 g/mol. The Bertz CT molecular complexity index is 2050. The number of benzene rings is 1. The van der Waals surface area contributed by atoms with Gasteiger partial charge in [-0.05, 0) is 63.3 Å². The molecule has 2 amide bonds. The zero-order valence-corrected chi connectivity index (χ0v) is 27.6. The maximum atomic E-state index is 14.1. The minimum absolute atomic E-state index is 0.00846. The van der Waals surface area contributed by atoms with Gasteiger partial charge in [-0.1, -0.05) is 24.1 Å². The fraction of sp³-hybridized carbons (Fsp3) is 0.406. The van der Waals surface area contributed by atoms with Crippen molar-refractivity contribution in [3.8, 4) is 5.75 Å².